The van der Waals surface area contributed by atoms with Crippen molar-refractivity contribution in [1.82, 2.24) is 20.2 Å². The van der Waals surface area contributed by atoms with E-state index in [1.165, 1.54) is 6.39 Å². The molecule has 0 saturated carbocycles. The molecule has 80 valence electrons. The van der Waals surface area contributed by atoms with Crippen LogP contribution in [0.3, 0.4) is 0 Å². The zero-order chi connectivity index (χ0) is 10.4. The fourth-order valence-electron chi connectivity index (χ4n) is 2.23. The fraction of sp³-hybridized carbons (Fsp3) is 0.625. The first-order chi connectivity index (χ1) is 7.27. The van der Waals surface area contributed by atoms with Crippen molar-refractivity contribution < 1.29 is 14.4 Å². The van der Waals surface area contributed by atoms with Gasteiger partial charge in [-0.15, -0.1) is 10.2 Å². The largest absolute Gasteiger partial charge is 0.426 e. The van der Waals surface area contributed by atoms with Crippen molar-refractivity contribution in [3.8, 4) is 0 Å². The fourth-order valence-corrected chi connectivity index (χ4v) is 2.23. The van der Waals surface area contributed by atoms with Gasteiger partial charge in [0.15, 0.2) is 0 Å². The molecule has 1 aromatic heterocycles. The maximum atomic E-state index is 11.6. The third-order valence-corrected chi connectivity index (χ3v) is 3.01. The van der Waals surface area contributed by atoms with Gasteiger partial charge in [0.1, 0.15) is 6.04 Å². The Kier molecular flexibility index (Phi) is 1.69. The highest BCUT2D eigenvalue weighted by Crippen LogP contribution is 2.36. The van der Waals surface area contributed by atoms with Crippen LogP contribution in [0.15, 0.2) is 10.8 Å². The van der Waals surface area contributed by atoms with Crippen LogP contribution < -0.4 is 0 Å². The van der Waals surface area contributed by atoms with Gasteiger partial charge in [0.2, 0.25) is 12.3 Å². The Morgan fingerprint density at radius 3 is 3.13 bits per heavy atom. The van der Waals surface area contributed by atoms with E-state index < -0.39 is 0 Å². The first kappa shape index (κ1) is 8.66. The van der Waals surface area contributed by atoms with Crippen LogP contribution in [0.2, 0.25) is 0 Å². The number of rotatable bonds is 1. The van der Waals surface area contributed by atoms with E-state index in [9.17, 15) is 10.0 Å². The van der Waals surface area contributed by atoms with Crippen LogP contribution in [-0.4, -0.2) is 44.0 Å². The monoisotopic (exact) mass is 210 g/mol. The van der Waals surface area contributed by atoms with Crippen LogP contribution >= 0.6 is 0 Å². The standard InChI is InChI=1S/C8H10N4O3/c13-8-11-3-5(12(8)14)1-2-6(11)7-10-9-4-15-7/h4-6,14H,1-3H2/t5-,6+/m1/s1. The average molecular weight is 210 g/mol. The minimum atomic E-state index is -0.374. The summed E-state index contributed by atoms with van der Waals surface area (Å²) < 4.78 is 5.09. The number of aromatic nitrogens is 2. The van der Waals surface area contributed by atoms with E-state index in [1.54, 1.807) is 4.90 Å². The van der Waals surface area contributed by atoms with Crippen LogP contribution in [0.5, 0.6) is 0 Å². The molecule has 0 spiro atoms. The third kappa shape index (κ3) is 1.13. The number of amides is 2. The molecule has 2 atom stereocenters. The van der Waals surface area contributed by atoms with Gasteiger partial charge < -0.3 is 9.32 Å². The highest BCUT2D eigenvalue weighted by Gasteiger charge is 2.46. The molecule has 0 aliphatic carbocycles. The van der Waals surface area contributed by atoms with Crippen molar-refractivity contribution in [3.63, 3.8) is 0 Å². The van der Waals surface area contributed by atoms with Crippen molar-refractivity contribution in [2.45, 2.75) is 24.9 Å². The highest BCUT2D eigenvalue weighted by molar-refractivity contribution is 5.76. The molecular formula is C8H10N4O3. The molecule has 2 aliphatic rings. The van der Waals surface area contributed by atoms with E-state index >= 15 is 0 Å². The average Bonchev–Trinajstić information content (AvgIpc) is 2.85. The summed E-state index contributed by atoms with van der Waals surface area (Å²) in [6, 6.07) is -0.647. The number of fused-ring (bicyclic) bond motifs is 2. The molecule has 7 heteroatoms. The Labute approximate surface area is 85.2 Å². The predicted octanol–water partition coefficient (Wildman–Crippen LogP) is 0.400. The van der Waals surface area contributed by atoms with E-state index in [0.29, 0.717) is 12.4 Å². The summed E-state index contributed by atoms with van der Waals surface area (Å²) in [4.78, 5) is 13.2. The molecule has 2 fully saturated rings. The molecule has 15 heavy (non-hydrogen) atoms. The molecule has 2 amide bonds. The number of carbonyl (C=O) groups excluding carboxylic acids is 1. The maximum absolute atomic E-state index is 11.6. The predicted molar refractivity (Wildman–Crippen MR) is 45.8 cm³/mol. The highest BCUT2D eigenvalue weighted by atomic mass is 16.5. The van der Waals surface area contributed by atoms with Gasteiger partial charge in [0, 0.05) is 6.54 Å². The van der Waals surface area contributed by atoms with E-state index in [0.717, 1.165) is 17.9 Å². The van der Waals surface area contributed by atoms with Crippen molar-refractivity contribution in [1.29, 1.82) is 0 Å². The third-order valence-electron chi connectivity index (χ3n) is 3.01. The summed E-state index contributed by atoms with van der Waals surface area (Å²) in [5.41, 5.74) is 0. The molecular weight excluding hydrogens is 200 g/mol. The second kappa shape index (κ2) is 2.93. The van der Waals surface area contributed by atoms with Crippen molar-refractivity contribution >= 4 is 6.03 Å². The summed E-state index contributed by atoms with van der Waals surface area (Å²) in [5, 5.41) is 17.7. The zero-order valence-corrected chi connectivity index (χ0v) is 7.91. The first-order valence-corrected chi connectivity index (χ1v) is 4.82. The Morgan fingerprint density at radius 1 is 1.53 bits per heavy atom. The summed E-state index contributed by atoms with van der Waals surface area (Å²) in [5.74, 6) is 0.442. The SMILES string of the molecule is O=C1N(O)[C@@H]2CC[C@@H](c3nnco3)N1C2. The second-order valence-electron chi connectivity index (χ2n) is 3.80. The van der Waals surface area contributed by atoms with Crippen molar-refractivity contribution in [3.05, 3.63) is 12.3 Å². The minimum Gasteiger partial charge on any atom is -0.426 e. The Hall–Kier alpha value is -1.63. The van der Waals surface area contributed by atoms with Gasteiger partial charge in [-0.05, 0) is 12.8 Å². The minimum absolute atomic E-state index is 0.0864. The van der Waals surface area contributed by atoms with Gasteiger partial charge in [-0.25, -0.2) is 9.86 Å². The first-order valence-electron chi connectivity index (χ1n) is 4.82. The Balaban J connectivity index is 1.91. The van der Waals surface area contributed by atoms with E-state index in [2.05, 4.69) is 10.2 Å². The second-order valence-corrected chi connectivity index (χ2v) is 3.80. The molecule has 0 aromatic carbocycles. The van der Waals surface area contributed by atoms with Crippen LogP contribution in [0.1, 0.15) is 24.8 Å². The lowest BCUT2D eigenvalue weighted by Gasteiger charge is -2.27. The van der Waals surface area contributed by atoms with Crippen LogP contribution in [0, 0.1) is 0 Å². The number of hydrogen-bond donors (Lipinski definition) is 1. The van der Waals surface area contributed by atoms with Gasteiger partial charge >= 0.3 is 6.03 Å². The zero-order valence-electron chi connectivity index (χ0n) is 7.91. The normalized spacial score (nSPS) is 30.1. The van der Waals surface area contributed by atoms with Gasteiger partial charge in [-0.2, -0.15) is 0 Å². The van der Waals surface area contributed by atoms with E-state index in [-0.39, 0.29) is 18.1 Å². The van der Waals surface area contributed by atoms with Crippen molar-refractivity contribution in [2.24, 2.45) is 0 Å². The number of hydroxylamine groups is 2. The molecule has 3 heterocycles. The van der Waals surface area contributed by atoms with Gasteiger partial charge in [0.25, 0.3) is 0 Å². The summed E-state index contributed by atoms with van der Waals surface area (Å²) in [6.45, 7) is 0.530. The van der Waals surface area contributed by atoms with Gasteiger partial charge in [-0.1, -0.05) is 0 Å². The summed E-state index contributed by atoms with van der Waals surface area (Å²) in [7, 11) is 0. The number of piperidine rings is 1. The summed E-state index contributed by atoms with van der Waals surface area (Å²) >= 11 is 0. The van der Waals surface area contributed by atoms with Crippen molar-refractivity contribution in [2.75, 3.05) is 6.54 Å². The maximum Gasteiger partial charge on any atom is 0.344 e. The van der Waals surface area contributed by atoms with E-state index in [1.807, 2.05) is 0 Å². The molecule has 2 saturated heterocycles. The van der Waals surface area contributed by atoms with Gasteiger partial charge in [-0.3, -0.25) is 5.21 Å². The van der Waals surface area contributed by atoms with Crippen LogP contribution in [0.4, 0.5) is 4.79 Å². The lowest BCUT2D eigenvalue weighted by atomic mass is 10.0. The number of hydrogen-bond acceptors (Lipinski definition) is 5. The number of carbonyl (C=O) groups is 1. The van der Waals surface area contributed by atoms with Gasteiger partial charge in [0.05, 0.1) is 6.04 Å². The molecule has 2 aliphatic heterocycles. The smallest absolute Gasteiger partial charge is 0.344 e. The topological polar surface area (TPSA) is 82.7 Å². The Bertz CT molecular complexity index is 379. The lowest BCUT2D eigenvalue weighted by Crippen LogP contribution is -2.34. The molecule has 1 N–H and O–H groups in total. The van der Waals surface area contributed by atoms with Crippen LogP contribution in [0.25, 0.3) is 0 Å². The molecule has 7 nitrogen and oxygen atoms in total. The molecule has 1 aromatic rings. The quantitative estimate of drug-likeness (QED) is 0.678. The molecule has 0 unspecified atom stereocenters. The molecule has 2 bridgehead atoms. The van der Waals surface area contributed by atoms with E-state index in [4.69, 9.17) is 4.42 Å². The summed E-state index contributed by atoms with van der Waals surface area (Å²) in [6.07, 6.45) is 2.75. The number of urea groups is 1. The molecule has 3 rings (SSSR count). The Morgan fingerprint density at radius 2 is 2.40 bits per heavy atom. The van der Waals surface area contributed by atoms with Crippen LogP contribution in [-0.2, 0) is 0 Å². The lowest BCUT2D eigenvalue weighted by molar-refractivity contribution is -0.0584. The number of nitrogens with zero attached hydrogens (tertiary/aromatic N) is 4. The molecule has 0 radical (unpaired) electrons.